The molecule has 6 heteroatoms. The fourth-order valence-corrected chi connectivity index (χ4v) is 3.26. The first-order valence-corrected chi connectivity index (χ1v) is 8.86. The molecule has 22 heavy (non-hydrogen) atoms. The highest BCUT2D eigenvalue weighted by molar-refractivity contribution is 9.10. The third-order valence-corrected chi connectivity index (χ3v) is 5.16. The van der Waals surface area contributed by atoms with Gasteiger partial charge in [-0.15, -0.1) is 11.8 Å². The summed E-state index contributed by atoms with van der Waals surface area (Å²) < 4.78 is 1.80. The molecule has 0 unspecified atom stereocenters. The SMILES string of the molecule is O=C(C[C@@H](Sc1ccc(Br)cc1)C(=O)O)c1ccc(Br)cc1. The van der Waals surface area contributed by atoms with E-state index in [-0.39, 0.29) is 12.2 Å². The molecule has 0 fully saturated rings. The molecule has 0 aliphatic heterocycles. The van der Waals surface area contributed by atoms with Gasteiger partial charge in [0.2, 0.25) is 0 Å². The van der Waals surface area contributed by atoms with Crippen molar-refractivity contribution in [2.24, 2.45) is 0 Å². The van der Waals surface area contributed by atoms with Crippen LogP contribution in [0, 0.1) is 0 Å². The zero-order valence-electron chi connectivity index (χ0n) is 11.3. The zero-order chi connectivity index (χ0) is 16.1. The molecule has 0 amide bonds. The van der Waals surface area contributed by atoms with Crippen LogP contribution in [0.2, 0.25) is 0 Å². The highest BCUT2D eigenvalue weighted by Gasteiger charge is 2.23. The first-order chi connectivity index (χ1) is 10.5. The van der Waals surface area contributed by atoms with Gasteiger partial charge in [-0.05, 0) is 36.4 Å². The maximum atomic E-state index is 12.2. The summed E-state index contributed by atoms with van der Waals surface area (Å²) in [6.45, 7) is 0. The van der Waals surface area contributed by atoms with Gasteiger partial charge in [0.25, 0.3) is 0 Å². The van der Waals surface area contributed by atoms with E-state index in [4.69, 9.17) is 0 Å². The average Bonchev–Trinajstić information content (AvgIpc) is 2.49. The molecule has 1 atom stereocenters. The lowest BCUT2D eigenvalue weighted by Gasteiger charge is -2.11. The molecule has 0 spiro atoms. The summed E-state index contributed by atoms with van der Waals surface area (Å²) in [5.74, 6) is -1.16. The van der Waals surface area contributed by atoms with E-state index in [0.29, 0.717) is 5.56 Å². The number of thioether (sulfide) groups is 1. The fraction of sp³-hybridized carbons (Fsp3) is 0.125. The third-order valence-electron chi connectivity index (χ3n) is 2.90. The van der Waals surface area contributed by atoms with Crippen molar-refractivity contribution in [3.8, 4) is 0 Å². The molecular formula is C16H12Br2O3S. The number of hydrogen-bond acceptors (Lipinski definition) is 3. The van der Waals surface area contributed by atoms with E-state index in [2.05, 4.69) is 31.9 Å². The van der Waals surface area contributed by atoms with Gasteiger partial charge in [0.05, 0.1) is 0 Å². The van der Waals surface area contributed by atoms with Gasteiger partial charge in [0, 0.05) is 25.8 Å². The molecule has 2 aromatic rings. The maximum absolute atomic E-state index is 12.2. The Morgan fingerprint density at radius 3 is 1.95 bits per heavy atom. The van der Waals surface area contributed by atoms with E-state index >= 15 is 0 Å². The van der Waals surface area contributed by atoms with E-state index in [1.54, 1.807) is 24.3 Å². The second kappa shape index (κ2) is 7.94. The number of carboxylic acids is 1. The lowest BCUT2D eigenvalue weighted by atomic mass is 10.1. The Bertz CT molecular complexity index is 669. The minimum Gasteiger partial charge on any atom is -0.480 e. The largest absolute Gasteiger partial charge is 0.480 e. The Hall–Kier alpha value is -1.11. The van der Waals surface area contributed by atoms with Crippen LogP contribution in [-0.4, -0.2) is 22.1 Å². The molecule has 0 radical (unpaired) electrons. The number of Topliss-reactive ketones (excluding diaryl/α,β-unsaturated/α-hetero) is 1. The first kappa shape index (κ1) is 17.2. The van der Waals surface area contributed by atoms with E-state index in [0.717, 1.165) is 13.8 Å². The number of hydrogen-bond donors (Lipinski definition) is 1. The average molecular weight is 444 g/mol. The minimum absolute atomic E-state index is 0.0440. The van der Waals surface area contributed by atoms with E-state index in [1.165, 1.54) is 11.8 Å². The lowest BCUT2D eigenvalue weighted by molar-refractivity contribution is -0.136. The molecule has 114 valence electrons. The number of carbonyl (C=O) groups is 2. The molecule has 0 aromatic heterocycles. The van der Waals surface area contributed by atoms with Gasteiger partial charge >= 0.3 is 5.97 Å². The Morgan fingerprint density at radius 2 is 1.45 bits per heavy atom. The number of aliphatic carboxylic acids is 1. The number of halogens is 2. The molecule has 2 rings (SSSR count). The number of carboxylic acid groups (broad SMARTS) is 1. The topological polar surface area (TPSA) is 54.4 Å². The minimum atomic E-state index is -0.988. The quantitative estimate of drug-likeness (QED) is 0.502. The molecule has 1 N–H and O–H groups in total. The van der Waals surface area contributed by atoms with E-state index in [1.807, 2.05) is 24.3 Å². The number of ketones is 1. The predicted octanol–water partition coefficient (Wildman–Crippen LogP) is 5.03. The van der Waals surface area contributed by atoms with Crippen molar-refractivity contribution in [1.82, 2.24) is 0 Å². The summed E-state index contributed by atoms with van der Waals surface area (Å²) in [6.07, 6.45) is -0.0440. The molecule has 0 aliphatic carbocycles. The molecule has 0 aliphatic rings. The molecule has 0 heterocycles. The van der Waals surface area contributed by atoms with Crippen molar-refractivity contribution in [1.29, 1.82) is 0 Å². The lowest BCUT2D eigenvalue weighted by Crippen LogP contribution is -2.20. The Morgan fingerprint density at radius 1 is 0.955 bits per heavy atom. The van der Waals surface area contributed by atoms with Gasteiger partial charge in [-0.1, -0.05) is 44.0 Å². The van der Waals surface area contributed by atoms with Gasteiger partial charge < -0.3 is 5.11 Å². The first-order valence-electron chi connectivity index (χ1n) is 6.39. The molecule has 0 saturated carbocycles. The van der Waals surface area contributed by atoms with Gasteiger partial charge in [0.1, 0.15) is 5.25 Å². The summed E-state index contributed by atoms with van der Waals surface area (Å²) in [5.41, 5.74) is 0.519. The highest BCUT2D eigenvalue weighted by atomic mass is 79.9. The zero-order valence-corrected chi connectivity index (χ0v) is 15.3. The normalized spacial score (nSPS) is 11.9. The maximum Gasteiger partial charge on any atom is 0.317 e. The standard InChI is InChI=1S/C16H12Br2O3S/c17-11-3-1-10(2-4-11)14(19)9-15(16(20)21)22-13-7-5-12(18)6-8-13/h1-8,15H,9H2,(H,20,21)/t15-/m1/s1. The summed E-state index contributed by atoms with van der Waals surface area (Å²) in [7, 11) is 0. The van der Waals surface area contributed by atoms with Crippen LogP contribution in [-0.2, 0) is 4.79 Å². The third kappa shape index (κ3) is 4.97. The highest BCUT2D eigenvalue weighted by Crippen LogP contribution is 2.28. The second-order valence-electron chi connectivity index (χ2n) is 4.53. The summed E-state index contributed by atoms with van der Waals surface area (Å²) >= 11 is 7.82. The van der Waals surface area contributed by atoms with Crippen molar-refractivity contribution < 1.29 is 14.7 Å². The van der Waals surface area contributed by atoms with Gasteiger partial charge in [-0.2, -0.15) is 0 Å². The van der Waals surface area contributed by atoms with Gasteiger partial charge in [-0.3, -0.25) is 9.59 Å². The Kier molecular flexibility index (Phi) is 6.23. The van der Waals surface area contributed by atoms with Gasteiger partial charge in [-0.25, -0.2) is 0 Å². The van der Waals surface area contributed by atoms with Crippen molar-refractivity contribution in [3.05, 3.63) is 63.0 Å². The van der Waals surface area contributed by atoms with Crippen LogP contribution in [0.15, 0.2) is 62.4 Å². The van der Waals surface area contributed by atoms with Gasteiger partial charge in [0.15, 0.2) is 5.78 Å². The molecule has 0 saturated heterocycles. The van der Waals surface area contributed by atoms with Crippen LogP contribution in [0.25, 0.3) is 0 Å². The van der Waals surface area contributed by atoms with Crippen LogP contribution in [0.3, 0.4) is 0 Å². The van der Waals surface area contributed by atoms with Crippen LogP contribution in [0.4, 0.5) is 0 Å². The van der Waals surface area contributed by atoms with Crippen LogP contribution in [0.5, 0.6) is 0 Å². The number of carbonyl (C=O) groups excluding carboxylic acids is 1. The monoisotopic (exact) mass is 442 g/mol. The molecule has 3 nitrogen and oxygen atoms in total. The predicted molar refractivity (Wildman–Crippen MR) is 94.5 cm³/mol. The summed E-state index contributed by atoms with van der Waals surface area (Å²) in [5, 5.41) is 8.53. The molecular weight excluding hydrogens is 432 g/mol. The molecule has 0 bridgehead atoms. The van der Waals surface area contributed by atoms with Crippen molar-refractivity contribution in [2.75, 3.05) is 0 Å². The van der Waals surface area contributed by atoms with E-state index in [9.17, 15) is 14.7 Å². The van der Waals surface area contributed by atoms with E-state index < -0.39 is 11.2 Å². The van der Waals surface area contributed by atoms with Crippen molar-refractivity contribution >= 4 is 55.4 Å². The number of benzene rings is 2. The number of rotatable bonds is 6. The fourth-order valence-electron chi connectivity index (χ4n) is 1.78. The van der Waals surface area contributed by atoms with Crippen molar-refractivity contribution in [3.63, 3.8) is 0 Å². The van der Waals surface area contributed by atoms with Crippen LogP contribution < -0.4 is 0 Å². The summed E-state index contributed by atoms with van der Waals surface area (Å²) in [6, 6.07) is 14.3. The molecule has 2 aromatic carbocycles. The second-order valence-corrected chi connectivity index (χ2v) is 7.64. The van der Waals surface area contributed by atoms with Crippen molar-refractivity contribution in [2.45, 2.75) is 16.6 Å². The van der Waals surface area contributed by atoms with Crippen LogP contribution in [0.1, 0.15) is 16.8 Å². The summed E-state index contributed by atoms with van der Waals surface area (Å²) in [4.78, 5) is 24.4. The Balaban J connectivity index is 2.08. The Labute approximate surface area is 149 Å². The van der Waals surface area contributed by atoms with Crippen LogP contribution >= 0.6 is 43.6 Å². The smallest absolute Gasteiger partial charge is 0.317 e.